The molecule has 0 saturated carbocycles. The summed E-state index contributed by atoms with van der Waals surface area (Å²) in [5.74, 6) is -1.01. The van der Waals surface area contributed by atoms with E-state index in [9.17, 15) is 14.0 Å². The van der Waals surface area contributed by atoms with Gasteiger partial charge in [-0.3, -0.25) is 14.5 Å². The highest BCUT2D eigenvalue weighted by Crippen LogP contribution is 2.43. The predicted octanol–water partition coefficient (Wildman–Crippen LogP) is 5.52. The third-order valence-electron chi connectivity index (χ3n) is 5.22. The van der Waals surface area contributed by atoms with Crippen molar-refractivity contribution in [2.45, 2.75) is 19.9 Å². The number of hydrogen-bond acceptors (Lipinski definition) is 5. The van der Waals surface area contributed by atoms with Crippen LogP contribution in [0.25, 0.3) is 11.0 Å². The van der Waals surface area contributed by atoms with Crippen LogP contribution >= 0.6 is 27.3 Å². The minimum absolute atomic E-state index is 0.0328. The largest absolute Gasteiger partial charge is 0.450 e. The predicted molar refractivity (Wildman–Crippen MR) is 117 cm³/mol. The number of halogens is 2. The van der Waals surface area contributed by atoms with Crippen molar-refractivity contribution in [1.82, 2.24) is 4.98 Å². The summed E-state index contributed by atoms with van der Waals surface area (Å²) in [6.45, 7) is 3.80. The molecule has 0 aliphatic carbocycles. The Morgan fingerprint density at radius 1 is 1.17 bits per heavy atom. The summed E-state index contributed by atoms with van der Waals surface area (Å²) in [4.78, 5) is 33.8. The van der Waals surface area contributed by atoms with Crippen molar-refractivity contribution in [3.63, 3.8) is 0 Å². The molecule has 30 heavy (non-hydrogen) atoms. The molecule has 1 unspecified atom stereocenters. The highest BCUT2D eigenvalue weighted by Gasteiger charge is 2.45. The summed E-state index contributed by atoms with van der Waals surface area (Å²) in [5.41, 5.74) is 1.50. The summed E-state index contributed by atoms with van der Waals surface area (Å²) in [6, 6.07) is 10.4. The molecule has 0 N–H and O–H groups in total. The van der Waals surface area contributed by atoms with Gasteiger partial charge in [0.1, 0.15) is 11.4 Å². The molecular weight excluding hydrogens is 471 g/mol. The Balaban J connectivity index is 1.84. The maximum Gasteiger partial charge on any atom is 0.297 e. The molecule has 1 atom stereocenters. The van der Waals surface area contributed by atoms with E-state index in [-0.39, 0.29) is 22.3 Å². The van der Waals surface area contributed by atoms with Gasteiger partial charge in [-0.15, -0.1) is 11.3 Å². The van der Waals surface area contributed by atoms with E-state index >= 15 is 0 Å². The number of carbonyl (C=O) groups is 1. The van der Waals surface area contributed by atoms with Crippen molar-refractivity contribution in [3.8, 4) is 0 Å². The van der Waals surface area contributed by atoms with Gasteiger partial charge in [0.25, 0.3) is 5.91 Å². The van der Waals surface area contributed by atoms with E-state index in [0.717, 1.165) is 26.7 Å². The molecule has 1 amide bonds. The first kappa shape index (κ1) is 19.1. The van der Waals surface area contributed by atoms with Gasteiger partial charge in [-0.25, -0.2) is 9.37 Å². The number of nitrogens with zero attached hydrogens (tertiary/aromatic N) is 2. The molecular formula is C22H14BrFN2O3S. The molecule has 1 aliphatic rings. The Morgan fingerprint density at radius 3 is 2.67 bits per heavy atom. The van der Waals surface area contributed by atoms with Gasteiger partial charge in [0.15, 0.2) is 10.6 Å². The topological polar surface area (TPSA) is 63.4 Å². The van der Waals surface area contributed by atoms with Crippen LogP contribution in [0.5, 0.6) is 0 Å². The van der Waals surface area contributed by atoms with E-state index in [0.29, 0.717) is 5.13 Å². The van der Waals surface area contributed by atoms with Gasteiger partial charge in [0.05, 0.1) is 22.7 Å². The zero-order chi connectivity index (χ0) is 21.2. The van der Waals surface area contributed by atoms with Crippen LogP contribution in [0.1, 0.15) is 38.3 Å². The first-order valence-corrected chi connectivity index (χ1v) is 10.8. The normalized spacial score (nSPS) is 15.8. The van der Waals surface area contributed by atoms with Gasteiger partial charge in [-0.1, -0.05) is 28.1 Å². The zero-order valence-corrected chi connectivity index (χ0v) is 18.3. The third kappa shape index (κ3) is 2.82. The smallest absolute Gasteiger partial charge is 0.297 e. The fourth-order valence-corrected chi connectivity index (χ4v) is 5.05. The maximum absolute atomic E-state index is 13.8. The summed E-state index contributed by atoms with van der Waals surface area (Å²) in [6.07, 6.45) is 0. The van der Waals surface area contributed by atoms with Crippen LogP contribution < -0.4 is 10.3 Å². The summed E-state index contributed by atoms with van der Waals surface area (Å²) >= 11 is 4.84. The summed E-state index contributed by atoms with van der Waals surface area (Å²) < 4.78 is 20.5. The van der Waals surface area contributed by atoms with Crippen molar-refractivity contribution < 1.29 is 13.6 Å². The second kappa shape index (κ2) is 6.85. The van der Waals surface area contributed by atoms with E-state index < -0.39 is 23.2 Å². The maximum atomic E-state index is 13.8. The molecule has 2 aromatic carbocycles. The lowest BCUT2D eigenvalue weighted by Crippen LogP contribution is -2.29. The Morgan fingerprint density at radius 2 is 1.97 bits per heavy atom. The first-order chi connectivity index (χ1) is 14.3. The number of anilines is 1. The van der Waals surface area contributed by atoms with Crippen LogP contribution in [0.15, 0.2) is 56.1 Å². The number of hydrogen-bond donors (Lipinski definition) is 0. The molecule has 3 heterocycles. The Bertz CT molecular complexity index is 1390. The lowest BCUT2D eigenvalue weighted by molar-refractivity contribution is 0.0971. The summed E-state index contributed by atoms with van der Waals surface area (Å²) in [7, 11) is 0. The van der Waals surface area contributed by atoms with Crippen LogP contribution in [0.3, 0.4) is 0 Å². The molecule has 0 fully saturated rings. The number of benzene rings is 2. The molecule has 0 saturated heterocycles. The standard InChI is InChI=1S/C22H14BrFN2O3S/c1-10-11(2)30-22(25-10)26-18(12-4-3-5-13(23)8-12)17-19(27)15-9-14(24)6-7-16(15)29-20(17)21(26)28/h3-9,18H,1-2H3. The van der Waals surface area contributed by atoms with Crippen LogP contribution in [0.2, 0.25) is 0 Å². The highest BCUT2D eigenvalue weighted by molar-refractivity contribution is 9.10. The second-order valence-corrected chi connectivity index (χ2v) is 9.18. The van der Waals surface area contributed by atoms with Crippen LogP contribution in [-0.2, 0) is 0 Å². The van der Waals surface area contributed by atoms with Gasteiger partial charge in [0.2, 0.25) is 5.76 Å². The van der Waals surface area contributed by atoms with E-state index in [1.165, 1.54) is 28.4 Å². The number of aromatic nitrogens is 1. The van der Waals surface area contributed by atoms with Gasteiger partial charge in [-0.05, 0) is 49.7 Å². The minimum atomic E-state index is -0.723. The van der Waals surface area contributed by atoms with E-state index in [2.05, 4.69) is 20.9 Å². The van der Waals surface area contributed by atoms with Crippen molar-refractivity contribution >= 4 is 49.3 Å². The van der Waals surface area contributed by atoms with Crippen molar-refractivity contribution in [2.75, 3.05) is 4.90 Å². The first-order valence-electron chi connectivity index (χ1n) is 9.14. The van der Waals surface area contributed by atoms with Gasteiger partial charge in [0, 0.05) is 9.35 Å². The van der Waals surface area contributed by atoms with Crippen molar-refractivity contribution in [1.29, 1.82) is 0 Å². The number of fused-ring (bicyclic) bond motifs is 2. The van der Waals surface area contributed by atoms with Crippen LogP contribution in [-0.4, -0.2) is 10.9 Å². The zero-order valence-electron chi connectivity index (χ0n) is 15.9. The van der Waals surface area contributed by atoms with Crippen molar-refractivity contribution in [2.24, 2.45) is 0 Å². The monoisotopic (exact) mass is 484 g/mol. The number of aryl methyl sites for hydroxylation is 2. The van der Waals surface area contributed by atoms with Gasteiger partial charge < -0.3 is 4.42 Å². The Hall–Kier alpha value is -2.84. The molecule has 8 heteroatoms. The number of thiazole rings is 1. The van der Waals surface area contributed by atoms with E-state index in [1.54, 1.807) is 0 Å². The molecule has 2 aromatic heterocycles. The number of rotatable bonds is 2. The lowest BCUT2D eigenvalue weighted by Gasteiger charge is -2.22. The third-order valence-corrected chi connectivity index (χ3v) is 6.79. The SMILES string of the molecule is Cc1nc(N2C(=O)c3oc4ccc(F)cc4c(=O)c3C2c2cccc(Br)c2)sc1C. The average Bonchev–Trinajstić information content (AvgIpc) is 3.19. The van der Waals surface area contributed by atoms with Gasteiger partial charge >= 0.3 is 0 Å². The van der Waals surface area contributed by atoms with Crippen LogP contribution in [0.4, 0.5) is 9.52 Å². The fraction of sp³-hybridized carbons (Fsp3) is 0.136. The molecule has 1 aliphatic heterocycles. The minimum Gasteiger partial charge on any atom is -0.450 e. The molecule has 4 aromatic rings. The molecule has 150 valence electrons. The van der Waals surface area contributed by atoms with Crippen molar-refractivity contribution in [3.05, 3.63) is 90.4 Å². The average molecular weight is 485 g/mol. The lowest BCUT2D eigenvalue weighted by atomic mass is 9.99. The molecule has 5 rings (SSSR count). The van der Waals surface area contributed by atoms with Gasteiger partial charge in [-0.2, -0.15) is 0 Å². The second-order valence-electron chi connectivity index (χ2n) is 7.09. The Kier molecular flexibility index (Phi) is 4.37. The molecule has 0 radical (unpaired) electrons. The molecule has 0 spiro atoms. The summed E-state index contributed by atoms with van der Waals surface area (Å²) in [5, 5.41) is 0.593. The quantitative estimate of drug-likeness (QED) is 0.375. The van der Waals surface area contributed by atoms with E-state index in [1.807, 2.05) is 38.1 Å². The number of carbonyl (C=O) groups excluding carboxylic acids is 1. The van der Waals surface area contributed by atoms with Crippen LogP contribution in [0, 0.1) is 19.7 Å². The highest BCUT2D eigenvalue weighted by atomic mass is 79.9. The van der Waals surface area contributed by atoms with E-state index in [4.69, 9.17) is 4.42 Å². The molecule has 0 bridgehead atoms. The number of amides is 1. The fourth-order valence-electron chi connectivity index (χ4n) is 3.69. The molecule has 5 nitrogen and oxygen atoms in total. The Labute approximate surface area is 182 Å².